The van der Waals surface area contributed by atoms with Crippen molar-refractivity contribution < 1.29 is 19.6 Å². The highest BCUT2D eigenvalue weighted by Crippen LogP contribution is 2.43. The molecule has 0 unspecified atom stereocenters. The van der Waals surface area contributed by atoms with Crippen LogP contribution in [0.5, 0.6) is 0 Å². The molecule has 1 N–H and O–H groups in total. The summed E-state index contributed by atoms with van der Waals surface area (Å²) < 4.78 is 0. The number of carbonyl (C=O) groups excluding carboxylic acids is 2. The van der Waals surface area contributed by atoms with Crippen LogP contribution in [0.3, 0.4) is 0 Å². The van der Waals surface area contributed by atoms with E-state index < -0.39 is 29.3 Å². The van der Waals surface area contributed by atoms with E-state index in [4.69, 9.17) is 0 Å². The Morgan fingerprint density at radius 1 is 1.00 bits per heavy atom. The molecule has 0 bridgehead atoms. The number of non-ortho nitro benzene ring substituents is 1. The number of hydrogen-bond donors (Lipinski definition) is 1. The number of rotatable bonds is 7. The lowest BCUT2D eigenvalue weighted by Crippen LogP contribution is -2.31. The monoisotopic (exact) mass is 456 g/mol. The number of nitrogens with one attached hydrogen (secondary N) is 1. The van der Waals surface area contributed by atoms with Crippen molar-refractivity contribution in [3.05, 3.63) is 111 Å². The van der Waals surface area contributed by atoms with Crippen molar-refractivity contribution in [2.45, 2.75) is 26.3 Å². The number of nitrogens with zero attached hydrogens (tertiary/aromatic N) is 2. The van der Waals surface area contributed by atoms with E-state index in [0.717, 1.165) is 11.1 Å². The number of carboxylic acids is 1. The topological polar surface area (TPSA) is 116 Å². The van der Waals surface area contributed by atoms with Crippen LogP contribution in [-0.2, 0) is 9.59 Å². The molecule has 8 heteroatoms. The van der Waals surface area contributed by atoms with Gasteiger partial charge in [-0.05, 0) is 49.2 Å². The predicted octanol–water partition coefficient (Wildman–Crippen LogP) is 3.81. The predicted molar refractivity (Wildman–Crippen MR) is 126 cm³/mol. The minimum atomic E-state index is -1.35. The normalized spacial score (nSPS) is 15.5. The van der Waals surface area contributed by atoms with E-state index in [0.29, 0.717) is 16.9 Å². The summed E-state index contributed by atoms with van der Waals surface area (Å²) in [5.41, 5.74) is 3.85. The van der Waals surface area contributed by atoms with Crippen LogP contribution in [0.15, 0.2) is 84.1 Å². The van der Waals surface area contributed by atoms with Crippen LogP contribution in [-0.4, -0.2) is 16.8 Å². The number of nitro benzene ring substituents is 1. The van der Waals surface area contributed by atoms with Crippen molar-refractivity contribution in [1.29, 1.82) is 0 Å². The molecule has 0 aliphatic carbocycles. The first-order chi connectivity index (χ1) is 16.2. The highest BCUT2D eigenvalue weighted by atomic mass is 16.6. The van der Waals surface area contributed by atoms with Crippen molar-refractivity contribution in [3.8, 4) is 0 Å². The van der Waals surface area contributed by atoms with Crippen LogP contribution in [0.4, 0.5) is 17.1 Å². The Labute approximate surface area is 196 Å². The molecule has 4 rings (SSSR count). The number of carbonyl (C=O) groups is 2. The number of aryl methyl sites for hydroxylation is 2. The highest BCUT2D eigenvalue weighted by Gasteiger charge is 2.41. The molecule has 3 aromatic carbocycles. The molecule has 0 saturated carbocycles. The van der Waals surface area contributed by atoms with Crippen molar-refractivity contribution in [3.63, 3.8) is 0 Å². The second-order valence-electron chi connectivity index (χ2n) is 8.21. The third-order valence-electron chi connectivity index (χ3n) is 5.71. The zero-order valence-electron chi connectivity index (χ0n) is 18.6. The highest BCUT2D eigenvalue weighted by molar-refractivity contribution is 6.12. The molecule has 1 atom stereocenters. The van der Waals surface area contributed by atoms with Crippen LogP contribution in [0.2, 0.25) is 0 Å². The lowest BCUT2D eigenvalue weighted by atomic mass is 9.95. The molecule has 1 aliphatic rings. The summed E-state index contributed by atoms with van der Waals surface area (Å²) in [4.78, 5) is 37.8. The first kappa shape index (κ1) is 22.7. The van der Waals surface area contributed by atoms with Gasteiger partial charge >= 0.3 is 0 Å². The van der Waals surface area contributed by atoms with Gasteiger partial charge in [-0.3, -0.25) is 19.8 Å². The summed E-state index contributed by atoms with van der Waals surface area (Å²) in [5.74, 6) is -1.79. The number of benzene rings is 3. The Kier molecular flexibility index (Phi) is 6.14. The van der Waals surface area contributed by atoms with Gasteiger partial charge < -0.3 is 15.2 Å². The molecule has 1 amide bonds. The number of amides is 1. The van der Waals surface area contributed by atoms with Crippen LogP contribution < -0.4 is 15.3 Å². The number of anilines is 2. The summed E-state index contributed by atoms with van der Waals surface area (Å²) in [7, 11) is 0. The molecule has 34 heavy (non-hydrogen) atoms. The van der Waals surface area contributed by atoms with Gasteiger partial charge in [0, 0.05) is 35.9 Å². The lowest BCUT2D eigenvalue weighted by molar-refractivity contribution is -0.384. The molecule has 8 nitrogen and oxygen atoms in total. The maximum absolute atomic E-state index is 13.7. The third-order valence-corrected chi connectivity index (χ3v) is 5.71. The fourth-order valence-corrected chi connectivity index (χ4v) is 4.05. The third kappa shape index (κ3) is 4.52. The Bertz CT molecular complexity index is 1300. The maximum atomic E-state index is 13.7. The molecule has 0 saturated heterocycles. The number of aliphatic carboxylic acids is 1. The van der Waals surface area contributed by atoms with Gasteiger partial charge in [0.25, 0.3) is 11.6 Å². The van der Waals surface area contributed by atoms with Gasteiger partial charge in [0.05, 0.1) is 11.0 Å². The maximum Gasteiger partial charge on any atom is 0.275 e. The van der Waals surface area contributed by atoms with Crippen molar-refractivity contribution in [2.24, 2.45) is 0 Å². The molecule has 172 valence electrons. The second kappa shape index (κ2) is 9.19. The van der Waals surface area contributed by atoms with Gasteiger partial charge in [-0.1, -0.05) is 47.5 Å². The molecule has 0 fully saturated rings. The number of hydrogen-bond acceptors (Lipinski definition) is 6. The standard InChI is InChI=1S/C26H23N3O5/c1-16-6-10-19(11-7-16)27-24-22(15-23(30)31)25(18-4-3-5-21(14-18)29(33)34)28(26(24)32)20-12-8-17(2)9-13-20/h3-14,25,27H,15H2,1-2H3,(H,30,31)/p-1/t25-/m1/s1. The average molecular weight is 456 g/mol. The minimum Gasteiger partial charge on any atom is -0.550 e. The minimum absolute atomic E-state index is 0.116. The second-order valence-corrected chi connectivity index (χ2v) is 8.21. The first-order valence-corrected chi connectivity index (χ1v) is 10.7. The van der Waals surface area contributed by atoms with Crippen LogP contribution >= 0.6 is 0 Å². The lowest BCUT2D eigenvalue weighted by Gasteiger charge is -2.28. The quantitative estimate of drug-likeness (QED) is 0.427. The van der Waals surface area contributed by atoms with E-state index >= 15 is 0 Å². The molecule has 3 aromatic rings. The first-order valence-electron chi connectivity index (χ1n) is 10.7. The van der Waals surface area contributed by atoms with Crippen LogP contribution in [0.1, 0.15) is 29.2 Å². The Hall–Kier alpha value is -4.46. The number of nitro groups is 1. The van der Waals surface area contributed by atoms with E-state index in [1.807, 2.05) is 38.1 Å². The summed E-state index contributed by atoms with van der Waals surface area (Å²) in [6.45, 7) is 3.85. The van der Waals surface area contributed by atoms with E-state index in [2.05, 4.69) is 5.32 Å². The fourth-order valence-electron chi connectivity index (χ4n) is 4.05. The SMILES string of the molecule is Cc1ccc(NC2=C(CC(=O)[O-])[C@@H](c3cccc([N+](=O)[O-])c3)N(c3ccc(C)cc3)C2=O)cc1. The van der Waals surface area contributed by atoms with Crippen molar-refractivity contribution >= 4 is 28.9 Å². The molecule has 0 spiro atoms. The van der Waals surface area contributed by atoms with E-state index in [9.17, 15) is 24.8 Å². The summed E-state index contributed by atoms with van der Waals surface area (Å²) in [6, 6.07) is 19.6. The Morgan fingerprint density at radius 3 is 2.21 bits per heavy atom. The molecule has 0 radical (unpaired) electrons. The van der Waals surface area contributed by atoms with Gasteiger partial charge in [-0.2, -0.15) is 0 Å². The largest absolute Gasteiger partial charge is 0.550 e. The van der Waals surface area contributed by atoms with E-state index in [1.54, 1.807) is 30.3 Å². The van der Waals surface area contributed by atoms with Gasteiger partial charge in [-0.25, -0.2) is 0 Å². The summed E-state index contributed by atoms with van der Waals surface area (Å²) in [5, 5.41) is 26.2. The smallest absolute Gasteiger partial charge is 0.275 e. The Balaban J connectivity index is 1.90. The van der Waals surface area contributed by atoms with Gasteiger partial charge in [0.2, 0.25) is 0 Å². The molecular formula is C26H22N3O5-. The van der Waals surface area contributed by atoms with Crippen molar-refractivity contribution in [1.82, 2.24) is 0 Å². The van der Waals surface area contributed by atoms with E-state index in [1.165, 1.54) is 23.1 Å². The van der Waals surface area contributed by atoms with Crippen molar-refractivity contribution in [2.75, 3.05) is 10.2 Å². The summed E-state index contributed by atoms with van der Waals surface area (Å²) in [6.07, 6.45) is -0.518. The molecule has 1 heterocycles. The van der Waals surface area contributed by atoms with Gasteiger partial charge in [0.15, 0.2) is 0 Å². The van der Waals surface area contributed by atoms with E-state index in [-0.39, 0.29) is 17.0 Å². The molecular weight excluding hydrogens is 434 g/mol. The Morgan fingerprint density at radius 2 is 1.62 bits per heavy atom. The zero-order chi connectivity index (χ0) is 24.4. The molecule has 1 aliphatic heterocycles. The summed E-state index contributed by atoms with van der Waals surface area (Å²) >= 11 is 0. The zero-order valence-corrected chi connectivity index (χ0v) is 18.6. The van der Waals surface area contributed by atoms with Gasteiger partial charge in [0.1, 0.15) is 5.70 Å². The van der Waals surface area contributed by atoms with Crippen LogP contribution in [0.25, 0.3) is 0 Å². The number of carboxylic acid groups (broad SMARTS) is 1. The molecule has 0 aromatic heterocycles. The van der Waals surface area contributed by atoms with Gasteiger partial charge in [-0.15, -0.1) is 0 Å². The average Bonchev–Trinajstić information content (AvgIpc) is 3.06. The van der Waals surface area contributed by atoms with Crippen LogP contribution in [0, 0.1) is 24.0 Å². The fraction of sp³-hybridized carbons (Fsp3) is 0.154.